The summed E-state index contributed by atoms with van der Waals surface area (Å²) in [5, 5.41) is 4.69. The molecule has 0 aliphatic rings. The van der Waals surface area contributed by atoms with E-state index < -0.39 is 0 Å². The van der Waals surface area contributed by atoms with E-state index >= 15 is 0 Å². The summed E-state index contributed by atoms with van der Waals surface area (Å²) in [6, 6.07) is 18.5. The summed E-state index contributed by atoms with van der Waals surface area (Å²) in [5.41, 5.74) is 3.47. The lowest BCUT2D eigenvalue weighted by atomic mass is 10.1. The fourth-order valence-corrected chi connectivity index (χ4v) is 2.19. The van der Waals surface area contributed by atoms with Gasteiger partial charge in [0.15, 0.2) is 0 Å². The standard InChI is InChI=1S/C16H16N3/c1-13-8-6-7-11-15(13)16-17-19(12-18(16)2)14-9-4-3-5-10-14/h3-12H,1-2H3/q+1. The van der Waals surface area contributed by atoms with Gasteiger partial charge in [0.25, 0.3) is 0 Å². The van der Waals surface area contributed by atoms with Crippen LogP contribution in [0.3, 0.4) is 0 Å². The van der Waals surface area contributed by atoms with Gasteiger partial charge < -0.3 is 0 Å². The Bertz CT molecular complexity index is 699. The largest absolute Gasteiger partial charge is 0.309 e. The first kappa shape index (κ1) is 11.7. The van der Waals surface area contributed by atoms with Gasteiger partial charge in [-0.2, -0.15) is 0 Å². The highest BCUT2D eigenvalue weighted by Crippen LogP contribution is 2.18. The van der Waals surface area contributed by atoms with Crippen LogP contribution in [0.2, 0.25) is 0 Å². The second-order valence-corrected chi connectivity index (χ2v) is 4.65. The van der Waals surface area contributed by atoms with Crippen molar-refractivity contribution in [1.82, 2.24) is 9.78 Å². The predicted molar refractivity (Wildman–Crippen MR) is 74.9 cm³/mol. The Hall–Kier alpha value is -2.42. The molecule has 0 radical (unpaired) electrons. The second kappa shape index (κ2) is 4.69. The highest BCUT2D eigenvalue weighted by Gasteiger charge is 2.18. The molecule has 0 bridgehead atoms. The second-order valence-electron chi connectivity index (χ2n) is 4.65. The van der Waals surface area contributed by atoms with Gasteiger partial charge in [0, 0.05) is 0 Å². The minimum atomic E-state index is 0.974. The number of rotatable bonds is 2. The number of nitrogens with zero attached hydrogens (tertiary/aromatic N) is 3. The topological polar surface area (TPSA) is 21.7 Å². The molecule has 0 N–H and O–H groups in total. The normalized spacial score (nSPS) is 10.6. The Morgan fingerprint density at radius 3 is 2.37 bits per heavy atom. The number of aryl methyl sites for hydroxylation is 2. The molecule has 0 saturated heterocycles. The van der Waals surface area contributed by atoms with Crippen LogP contribution in [0, 0.1) is 6.92 Å². The summed E-state index contributed by atoms with van der Waals surface area (Å²) < 4.78 is 3.96. The first-order valence-electron chi connectivity index (χ1n) is 6.32. The lowest BCUT2D eigenvalue weighted by Crippen LogP contribution is -2.28. The van der Waals surface area contributed by atoms with Gasteiger partial charge >= 0.3 is 5.82 Å². The number of para-hydroxylation sites is 1. The van der Waals surface area contributed by atoms with Crippen molar-refractivity contribution in [2.45, 2.75) is 6.92 Å². The average Bonchev–Trinajstić information content (AvgIpc) is 2.82. The third-order valence-corrected chi connectivity index (χ3v) is 3.23. The SMILES string of the molecule is Cc1ccccc1-c1nn(-c2ccccc2)c[n+]1C. The minimum Gasteiger partial charge on any atom is -0.233 e. The van der Waals surface area contributed by atoms with E-state index in [1.807, 2.05) is 48.4 Å². The summed E-state index contributed by atoms with van der Waals surface area (Å²) in [7, 11) is 2.02. The molecule has 0 atom stereocenters. The maximum atomic E-state index is 4.69. The summed E-state index contributed by atoms with van der Waals surface area (Å²) in [6.45, 7) is 2.11. The van der Waals surface area contributed by atoms with Crippen molar-refractivity contribution in [3.8, 4) is 17.1 Å². The Kier molecular flexibility index (Phi) is 2.88. The Labute approximate surface area is 112 Å². The van der Waals surface area contributed by atoms with Crippen LogP contribution in [-0.4, -0.2) is 9.78 Å². The third kappa shape index (κ3) is 2.15. The van der Waals surface area contributed by atoms with Crippen LogP contribution in [0.1, 0.15) is 5.56 Å². The molecular formula is C16H16N3+. The summed E-state index contributed by atoms with van der Waals surface area (Å²) >= 11 is 0. The number of aromatic nitrogens is 3. The van der Waals surface area contributed by atoms with Gasteiger partial charge in [-0.1, -0.05) is 41.1 Å². The van der Waals surface area contributed by atoms with Crippen molar-refractivity contribution in [2.24, 2.45) is 7.05 Å². The van der Waals surface area contributed by atoms with Crippen LogP contribution in [0.25, 0.3) is 17.1 Å². The molecule has 0 spiro atoms. The van der Waals surface area contributed by atoms with Crippen LogP contribution in [-0.2, 0) is 7.05 Å². The lowest BCUT2D eigenvalue weighted by Gasteiger charge is -1.98. The zero-order valence-electron chi connectivity index (χ0n) is 11.1. The molecular weight excluding hydrogens is 234 g/mol. The van der Waals surface area contributed by atoms with Crippen molar-refractivity contribution in [3.05, 3.63) is 66.5 Å². The van der Waals surface area contributed by atoms with Crippen LogP contribution >= 0.6 is 0 Å². The van der Waals surface area contributed by atoms with Crippen molar-refractivity contribution < 1.29 is 4.57 Å². The molecule has 3 aromatic rings. The van der Waals surface area contributed by atoms with E-state index in [0.717, 1.165) is 11.5 Å². The third-order valence-electron chi connectivity index (χ3n) is 3.23. The molecule has 94 valence electrons. The summed E-state index contributed by atoms with van der Waals surface area (Å²) in [5.74, 6) is 0.974. The van der Waals surface area contributed by atoms with Gasteiger partial charge in [0.05, 0.1) is 17.7 Å². The maximum Gasteiger partial charge on any atom is 0.309 e. The molecule has 1 aromatic heterocycles. The molecule has 2 aromatic carbocycles. The molecule has 0 unspecified atom stereocenters. The van der Waals surface area contributed by atoms with E-state index in [1.165, 1.54) is 11.1 Å². The average molecular weight is 250 g/mol. The number of benzene rings is 2. The first-order chi connectivity index (χ1) is 9.25. The Morgan fingerprint density at radius 1 is 0.947 bits per heavy atom. The van der Waals surface area contributed by atoms with Gasteiger partial charge in [-0.05, 0) is 30.7 Å². The Morgan fingerprint density at radius 2 is 1.63 bits per heavy atom. The van der Waals surface area contributed by atoms with E-state index in [2.05, 4.69) is 35.8 Å². The Balaban J connectivity index is 2.11. The fraction of sp³-hybridized carbons (Fsp3) is 0.125. The van der Waals surface area contributed by atoms with Crippen molar-refractivity contribution in [1.29, 1.82) is 0 Å². The van der Waals surface area contributed by atoms with E-state index in [0.29, 0.717) is 0 Å². The highest BCUT2D eigenvalue weighted by atomic mass is 15.4. The molecule has 3 nitrogen and oxygen atoms in total. The molecule has 0 saturated carbocycles. The highest BCUT2D eigenvalue weighted by molar-refractivity contribution is 5.57. The van der Waals surface area contributed by atoms with E-state index in [1.54, 1.807) is 0 Å². The zero-order chi connectivity index (χ0) is 13.2. The van der Waals surface area contributed by atoms with Gasteiger partial charge in [-0.3, -0.25) is 0 Å². The van der Waals surface area contributed by atoms with E-state index in [4.69, 9.17) is 5.10 Å². The number of hydrogen-bond donors (Lipinski definition) is 0. The van der Waals surface area contributed by atoms with Gasteiger partial charge in [-0.25, -0.2) is 4.57 Å². The molecule has 3 heteroatoms. The van der Waals surface area contributed by atoms with Crippen LogP contribution in [0.5, 0.6) is 0 Å². The van der Waals surface area contributed by atoms with Crippen LogP contribution in [0.4, 0.5) is 0 Å². The van der Waals surface area contributed by atoms with Crippen LogP contribution in [0.15, 0.2) is 60.9 Å². The zero-order valence-corrected chi connectivity index (χ0v) is 11.1. The number of hydrogen-bond acceptors (Lipinski definition) is 1. The van der Waals surface area contributed by atoms with E-state index in [9.17, 15) is 0 Å². The summed E-state index contributed by atoms with van der Waals surface area (Å²) in [6.07, 6.45) is 2.00. The van der Waals surface area contributed by atoms with Gasteiger partial charge in [0.1, 0.15) is 5.69 Å². The fourth-order valence-electron chi connectivity index (χ4n) is 2.19. The van der Waals surface area contributed by atoms with Crippen molar-refractivity contribution in [3.63, 3.8) is 0 Å². The predicted octanol–water partition coefficient (Wildman–Crippen LogP) is 2.67. The quantitative estimate of drug-likeness (QED) is 0.641. The lowest BCUT2D eigenvalue weighted by molar-refractivity contribution is -0.661. The smallest absolute Gasteiger partial charge is 0.233 e. The van der Waals surface area contributed by atoms with Gasteiger partial charge in [-0.15, -0.1) is 0 Å². The molecule has 3 rings (SSSR count). The molecule has 0 amide bonds. The summed E-state index contributed by atoms with van der Waals surface area (Å²) in [4.78, 5) is 0. The monoisotopic (exact) mass is 250 g/mol. The maximum absolute atomic E-state index is 4.69. The molecule has 0 aliphatic carbocycles. The first-order valence-corrected chi connectivity index (χ1v) is 6.32. The molecule has 0 aliphatic heterocycles. The minimum absolute atomic E-state index is 0.974. The molecule has 0 fully saturated rings. The van der Waals surface area contributed by atoms with Crippen molar-refractivity contribution in [2.75, 3.05) is 0 Å². The van der Waals surface area contributed by atoms with Crippen LogP contribution < -0.4 is 4.57 Å². The van der Waals surface area contributed by atoms with Crippen molar-refractivity contribution >= 4 is 0 Å². The van der Waals surface area contributed by atoms with Gasteiger partial charge in [0.2, 0.25) is 6.33 Å². The van der Waals surface area contributed by atoms with E-state index in [-0.39, 0.29) is 0 Å². The molecule has 1 heterocycles. The molecule has 19 heavy (non-hydrogen) atoms.